The van der Waals surface area contributed by atoms with Crippen LogP contribution in [0.5, 0.6) is 0 Å². The van der Waals surface area contributed by atoms with Crippen molar-refractivity contribution in [2.45, 2.75) is 32.6 Å². The second-order valence-electron chi connectivity index (χ2n) is 3.46. The van der Waals surface area contributed by atoms with Gasteiger partial charge < -0.3 is 14.8 Å². The van der Waals surface area contributed by atoms with Crippen molar-refractivity contribution in [3.63, 3.8) is 0 Å². The van der Waals surface area contributed by atoms with Crippen LogP contribution in [-0.2, 0) is 14.3 Å². The van der Waals surface area contributed by atoms with Gasteiger partial charge in [-0.15, -0.1) is 0 Å². The van der Waals surface area contributed by atoms with Gasteiger partial charge in [0.15, 0.2) is 0 Å². The van der Waals surface area contributed by atoms with E-state index in [0.29, 0.717) is 13.2 Å². The Morgan fingerprint density at radius 1 is 1.20 bits per heavy atom. The van der Waals surface area contributed by atoms with Crippen LogP contribution in [0, 0.1) is 0 Å². The topological polar surface area (TPSA) is 47.6 Å². The largest absolute Gasteiger partial charge is 0.382 e. The van der Waals surface area contributed by atoms with Crippen molar-refractivity contribution in [1.29, 1.82) is 0 Å². The van der Waals surface area contributed by atoms with Crippen LogP contribution in [0.3, 0.4) is 0 Å². The molecule has 0 fully saturated rings. The van der Waals surface area contributed by atoms with Crippen molar-refractivity contribution in [1.82, 2.24) is 5.32 Å². The summed E-state index contributed by atoms with van der Waals surface area (Å²) in [5.41, 5.74) is 0. The van der Waals surface area contributed by atoms with E-state index >= 15 is 0 Å². The molecule has 0 atom stereocenters. The van der Waals surface area contributed by atoms with Crippen LogP contribution in [0.15, 0.2) is 0 Å². The van der Waals surface area contributed by atoms with Crippen LogP contribution >= 0.6 is 0 Å². The van der Waals surface area contributed by atoms with E-state index in [-0.39, 0.29) is 12.5 Å². The van der Waals surface area contributed by atoms with E-state index in [2.05, 4.69) is 12.2 Å². The fourth-order valence-electron chi connectivity index (χ4n) is 1.14. The first kappa shape index (κ1) is 14.4. The van der Waals surface area contributed by atoms with Crippen molar-refractivity contribution < 1.29 is 14.3 Å². The predicted octanol–water partition coefficient (Wildman–Crippen LogP) is 1.35. The van der Waals surface area contributed by atoms with Crippen molar-refractivity contribution in [2.75, 3.05) is 33.5 Å². The van der Waals surface area contributed by atoms with Gasteiger partial charge in [0.05, 0.1) is 13.2 Å². The summed E-state index contributed by atoms with van der Waals surface area (Å²) in [7, 11) is 1.61. The molecule has 15 heavy (non-hydrogen) atoms. The molecule has 90 valence electrons. The van der Waals surface area contributed by atoms with Crippen LogP contribution in [0.4, 0.5) is 0 Å². The van der Waals surface area contributed by atoms with Crippen molar-refractivity contribution in [3.8, 4) is 0 Å². The van der Waals surface area contributed by atoms with Crippen LogP contribution in [0.25, 0.3) is 0 Å². The maximum atomic E-state index is 11.2. The highest BCUT2D eigenvalue weighted by atomic mass is 16.5. The minimum Gasteiger partial charge on any atom is -0.382 e. The third-order valence-electron chi connectivity index (χ3n) is 2.02. The molecule has 4 nitrogen and oxygen atoms in total. The average Bonchev–Trinajstić information content (AvgIpc) is 2.24. The Labute approximate surface area is 92.3 Å². The molecule has 1 amide bonds. The van der Waals surface area contributed by atoms with Gasteiger partial charge in [-0.05, 0) is 6.42 Å². The quantitative estimate of drug-likeness (QED) is 0.562. The van der Waals surface area contributed by atoms with Crippen molar-refractivity contribution in [2.24, 2.45) is 0 Å². The first-order chi connectivity index (χ1) is 7.31. The van der Waals surface area contributed by atoms with E-state index in [9.17, 15) is 4.79 Å². The Morgan fingerprint density at radius 2 is 2.00 bits per heavy atom. The molecule has 0 rings (SSSR count). The molecule has 0 spiro atoms. The Balaban J connectivity index is 3.11. The zero-order valence-electron chi connectivity index (χ0n) is 9.88. The summed E-state index contributed by atoms with van der Waals surface area (Å²) in [6.07, 6.45) is 4.69. The van der Waals surface area contributed by atoms with Crippen molar-refractivity contribution >= 4 is 5.91 Å². The first-order valence-electron chi connectivity index (χ1n) is 5.64. The standard InChI is InChI=1S/C11H23NO3/c1-3-4-5-6-7-12-11(13)10-15-9-8-14-2/h3-10H2,1-2H3,(H,12,13). The molecule has 0 saturated heterocycles. The van der Waals surface area contributed by atoms with E-state index in [4.69, 9.17) is 9.47 Å². The molecule has 1 N–H and O–H groups in total. The molecule has 0 saturated carbocycles. The highest BCUT2D eigenvalue weighted by Gasteiger charge is 1.99. The van der Waals surface area contributed by atoms with Gasteiger partial charge in [-0.1, -0.05) is 26.2 Å². The second kappa shape index (κ2) is 11.5. The van der Waals surface area contributed by atoms with Crippen LogP contribution in [-0.4, -0.2) is 39.4 Å². The van der Waals surface area contributed by atoms with Crippen molar-refractivity contribution in [3.05, 3.63) is 0 Å². The van der Waals surface area contributed by atoms with Gasteiger partial charge in [-0.25, -0.2) is 0 Å². The maximum Gasteiger partial charge on any atom is 0.245 e. The minimum absolute atomic E-state index is 0.0393. The SMILES string of the molecule is CCCCCCNC(=O)COCCOC. The van der Waals surface area contributed by atoms with Crippen LogP contribution in [0.1, 0.15) is 32.6 Å². The lowest BCUT2D eigenvalue weighted by atomic mass is 10.2. The summed E-state index contributed by atoms with van der Waals surface area (Å²) in [5, 5.41) is 2.81. The summed E-state index contributed by atoms with van der Waals surface area (Å²) in [5.74, 6) is -0.0393. The van der Waals surface area contributed by atoms with Gasteiger partial charge in [0, 0.05) is 13.7 Å². The van der Waals surface area contributed by atoms with E-state index in [0.717, 1.165) is 13.0 Å². The third-order valence-corrected chi connectivity index (χ3v) is 2.02. The first-order valence-corrected chi connectivity index (χ1v) is 5.64. The molecule has 4 heteroatoms. The third kappa shape index (κ3) is 11.3. The summed E-state index contributed by atoms with van der Waals surface area (Å²) in [6, 6.07) is 0. The monoisotopic (exact) mass is 217 g/mol. The summed E-state index contributed by atoms with van der Waals surface area (Å²) in [6.45, 7) is 4.06. The molecule has 0 aromatic heterocycles. The fraction of sp³-hybridized carbons (Fsp3) is 0.909. The molecular formula is C11H23NO3. The number of methoxy groups -OCH3 is 1. The van der Waals surface area contributed by atoms with Gasteiger partial charge in [-0.3, -0.25) is 4.79 Å². The Bertz CT molecular complexity index is 151. The second-order valence-corrected chi connectivity index (χ2v) is 3.46. The van der Waals surface area contributed by atoms with Gasteiger partial charge in [0.2, 0.25) is 5.91 Å². The molecule has 0 bridgehead atoms. The fourth-order valence-corrected chi connectivity index (χ4v) is 1.14. The lowest BCUT2D eigenvalue weighted by Crippen LogP contribution is -2.28. The highest BCUT2D eigenvalue weighted by molar-refractivity contribution is 5.77. The molecule has 0 aromatic rings. The number of amides is 1. The van der Waals surface area contributed by atoms with Gasteiger partial charge in [0.25, 0.3) is 0 Å². The maximum absolute atomic E-state index is 11.2. The van der Waals surface area contributed by atoms with E-state index in [1.165, 1.54) is 19.3 Å². The number of hydrogen-bond acceptors (Lipinski definition) is 3. The summed E-state index contributed by atoms with van der Waals surface area (Å²) >= 11 is 0. The highest BCUT2D eigenvalue weighted by Crippen LogP contribution is 1.96. The van der Waals surface area contributed by atoms with E-state index in [1.54, 1.807) is 7.11 Å². The summed E-state index contributed by atoms with van der Waals surface area (Å²) in [4.78, 5) is 11.2. The van der Waals surface area contributed by atoms with Crippen LogP contribution < -0.4 is 5.32 Å². The predicted molar refractivity (Wildman–Crippen MR) is 59.8 cm³/mol. The number of nitrogens with one attached hydrogen (secondary N) is 1. The normalized spacial score (nSPS) is 10.3. The zero-order chi connectivity index (χ0) is 11.4. The number of carbonyl (C=O) groups is 1. The Kier molecular flexibility index (Phi) is 11.0. The zero-order valence-corrected chi connectivity index (χ0v) is 9.88. The number of carbonyl (C=O) groups excluding carboxylic acids is 1. The van der Waals surface area contributed by atoms with E-state index < -0.39 is 0 Å². The van der Waals surface area contributed by atoms with E-state index in [1.807, 2.05) is 0 Å². The Morgan fingerprint density at radius 3 is 2.67 bits per heavy atom. The minimum atomic E-state index is -0.0393. The number of ether oxygens (including phenoxy) is 2. The average molecular weight is 217 g/mol. The number of unbranched alkanes of at least 4 members (excludes halogenated alkanes) is 3. The lowest BCUT2D eigenvalue weighted by Gasteiger charge is -2.05. The molecule has 0 aromatic carbocycles. The molecule has 0 aliphatic rings. The van der Waals surface area contributed by atoms with Gasteiger partial charge >= 0.3 is 0 Å². The number of rotatable bonds is 10. The molecule has 0 unspecified atom stereocenters. The molecule has 0 aliphatic heterocycles. The van der Waals surface area contributed by atoms with Crippen LogP contribution in [0.2, 0.25) is 0 Å². The summed E-state index contributed by atoms with van der Waals surface area (Å²) < 4.78 is 9.87. The van der Waals surface area contributed by atoms with Gasteiger partial charge in [0.1, 0.15) is 6.61 Å². The van der Waals surface area contributed by atoms with Gasteiger partial charge in [-0.2, -0.15) is 0 Å². The Hall–Kier alpha value is -0.610. The molecular weight excluding hydrogens is 194 g/mol. The molecule has 0 aliphatic carbocycles. The number of hydrogen-bond donors (Lipinski definition) is 1. The molecule has 0 radical (unpaired) electrons. The smallest absolute Gasteiger partial charge is 0.245 e. The molecule has 0 heterocycles. The lowest BCUT2D eigenvalue weighted by molar-refractivity contribution is -0.126.